The molecular formula is CH6NO4P. The monoisotopic (exact) mass is 127 g/mol. The molecule has 0 rings (SSSR count). The summed E-state index contributed by atoms with van der Waals surface area (Å²) in [5, 5.41) is 7.50. The normalized spacial score (nSPS) is 18.7. The first-order chi connectivity index (χ1) is 3.12. The first-order valence-corrected chi connectivity index (χ1v) is 3.23. The number of nitrogens with two attached hydrogens (primary N) is 1. The van der Waals surface area contributed by atoms with Crippen LogP contribution in [-0.4, -0.2) is 16.4 Å². The quantitative estimate of drug-likeness (QED) is 0.266. The second-order valence-electron chi connectivity index (χ2n) is 0.902. The predicted molar refractivity (Wildman–Crippen MR) is 22.6 cm³/mol. The van der Waals surface area contributed by atoms with Gasteiger partial charge in [-0.05, 0) is 0 Å². The molecule has 0 saturated carbocycles. The molecule has 0 amide bonds. The molecule has 1 atom stereocenters. The Hall–Kier alpha value is 0.0700. The molecule has 0 radical (unpaired) electrons. The van der Waals surface area contributed by atoms with Crippen molar-refractivity contribution in [2.45, 2.75) is 0 Å². The zero-order chi connectivity index (χ0) is 5.91. The van der Waals surface area contributed by atoms with Gasteiger partial charge in [0.25, 0.3) is 0 Å². The summed E-state index contributed by atoms with van der Waals surface area (Å²) >= 11 is 0. The molecule has 0 aliphatic heterocycles. The van der Waals surface area contributed by atoms with Crippen LogP contribution in [0.2, 0.25) is 0 Å². The van der Waals surface area contributed by atoms with Crippen LogP contribution >= 0.6 is 7.60 Å². The molecule has 0 saturated heterocycles. The Bertz CT molecular complexity index is 83.7. The van der Waals surface area contributed by atoms with Crippen molar-refractivity contribution in [2.75, 3.05) is 6.29 Å². The fourth-order valence-corrected chi connectivity index (χ4v) is 0.100. The van der Waals surface area contributed by atoms with E-state index in [1.807, 2.05) is 0 Å². The van der Waals surface area contributed by atoms with Crippen molar-refractivity contribution in [2.24, 2.45) is 5.73 Å². The van der Waals surface area contributed by atoms with E-state index in [1.165, 1.54) is 0 Å². The third-order valence-electron chi connectivity index (χ3n) is 0.358. The van der Waals surface area contributed by atoms with Crippen molar-refractivity contribution in [1.29, 1.82) is 0 Å². The van der Waals surface area contributed by atoms with Crippen LogP contribution in [0.4, 0.5) is 0 Å². The largest absolute Gasteiger partial charge is 0.368 e. The van der Waals surface area contributed by atoms with E-state index in [4.69, 9.17) is 10.2 Å². The molecule has 6 heteroatoms. The summed E-state index contributed by atoms with van der Waals surface area (Å²) in [6.07, 6.45) is -0.566. The number of rotatable bonds is 2. The summed E-state index contributed by atoms with van der Waals surface area (Å²) in [5.74, 6) is 0. The molecule has 1 unspecified atom stereocenters. The van der Waals surface area contributed by atoms with Crippen molar-refractivity contribution >= 4 is 7.60 Å². The summed E-state index contributed by atoms with van der Waals surface area (Å²) in [4.78, 5) is 8.09. The first kappa shape index (κ1) is 7.07. The fourth-order valence-electron chi connectivity index (χ4n) is 0.0333. The zero-order valence-corrected chi connectivity index (χ0v) is 4.34. The molecule has 4 N–H and O–H groups in total. The molecule has 0 aliphatic rings. The minimum absolute atomic E-state index is 0.566. The van der Waals surface area contributed by atoms with Crippen LogP contribution < -0.4 is 5.73 Å². The number of hydrogen-bond acceptors (Lipinski definition) is 4. The summed E-state index contributed by atoms with van der Waals surface area (Å²) in [6, 6.07) is 0. The molecule has 0 aromatic rings. The average Bonchev–Trinajstić information content (AvgIpc) is 1.68. The minimum Gasteiger partial charge on any atom is -0.322 e. The fraction of sp³-hybridized carbons (Fsp3) is 1.00. The van der Waals surface area contributed by atoms with E-state index in [1.54, 1.807) is 0 Å². The van der Waals surface area contributed by atoms with Gasteiger partial charge in [0.1, 0.15) is 0 Å². The molecule has 0 heterocycles. The lowest BCUT2D eigenvalue weighted by Gasteiger charge is -1.99. The van der Waals surface area contributed by atoms with Gasteiger partial charge in [0, 0.05) is 0 Å². The zero-order valence-electron chi connectivity index (χ0n) is 3.44. The highest BCUT2D eigenvalue weighted by molar-refractivity contribution is 7.52. The Kier molecular flexibility index (Phi) is 2.42. The Labute approximate surface area is 40.2 Å². The smallest absolute Gasteiger partial charge is 0.322 e. The molecule has 0 fully saturated rings. The highest BCUT2D eigenvalue weighted by Crippen LogP contribution is 2.37. The summed E-state index contributed by atoms with van der Waals surface area (Å²) < 4.78 is 13.0. The van der Waals surface area contributed by atoms with E-state index in [-0.39, 0.29) is 0 Å². The highest BCUT2D eigenvalue weighted by Gasteiger charge is 2.14. The van der Waals surface area contributed by atoms with E-state index in [0.29, 0.717) is 0 Å². The lowest BCUT2D eigenvalue weighted by atomic mass is 11.6. The van der Waals surface area contributed by atoms with Crippen LogP contribution in [0.5, 0.6) is 0 Å². The third-order valence-corrected chi connectivity index (χ3v) is 1.07. The maximum Gasteiger partial charge on any atom is 0.368 e. The van der Waals surface area contributed by atoms with Gasteiger partial charge >= 0.3 is 7.60 Å². The molecule has 0 bridgehead atoms. The summed E-state index contributed by atoms with van der Waals surface area (Å²) in [5.41, 5.74) is 4.62. The SMILES string of the molecule is NCP(=O)(O)OO. The lowest BCUT2D eigenvalue weighted by molar-refractivity contribution is -0.145. The Morgan fingerprint density at radius 1 is 1.86 bits per heavy atom. The molecule has 0 aromatic heterocycles. The van der Waals surface area contributed by atoms with E-state index in [0.717, 1.165) is 0 Å². The lowest BCUT2D eigenvalue weighted by Crippen LogP contribution is -2.00. The number of hydrogen-bond donors (Lipinski definition) is 3. The highest BCUT2D eigenvalue weighted by atomic mass is 31.2. The van der Waals surface area contributed by atoms with Gasteiger partial charge < -0.3 is 10.6 Å². The van der Waals surface area contributed by atoms with Gasteiger partial charge in [-0.1, -0.05) is 0 Å². The van der Waals surface area contributed by atoms with E-state index in [9.17, 15) is 4.57 Å². The van der Waals surface area contributed by atoms with Crippen LogP contribution in [0.1, 0.15) is 0 Å². The molecule has 5 nitrogen and oxygen atoms in total. The van der Waals surface area contributed by atoms with Gasteiger partial charge in [-0.25, -0.2) is 5.26 Å². The third kappa shape index (κ3) is 2.73. The van der Waals surface area contributed by atoms with Crippen molar-refractivity contribution in [3.05, 3.63) is 0 Å². The van der Waals surface area contributed by atoms with Gasteiger partial charge in [-0.2, -0.15) is 4.67 Å². The predicted octanol–water partition coefficient (Wildman–Crippen LogP) is -0.422. The van der Waals surface area contributed by atoms with E-state index in [2.05, 4.69) is 10.4 Å². The molecule has 0 aliphatic carbocycles. The molecule has 0 spiro atoms. The van der Waals surface area contributed by atoms with Crippen LogP contribution in [0.25, 0.3) is 0 Å². The van der Waals surface area contributed by atoms with E-state index < -0.39 is 13.9 Å². The van der Waals surface area contributed by atoms with Gasteiger partial charge in [-0.3, -0.25) is 4.57 Å². The standard InChI is InChI=1S/CH6NO4P/c2-1-7(4,5)6-3/h3H,1-2H2,(H,4,5). The van der Waals surface area contributed by atoms with Crippen LogP contribution in [0, 0.1) is 0 Å². The Morgan fingerprint density at radius 2 is 2.29 bits per heavy atom. The minimum atomic E-state index is -3.82. The molecule has 7 heavy (non-hydrogen) atoms. The van der Waals surface area contributed by atoms with Crippen molar-refractivity contribution < 1.29 is 19.4 Å². The summed E-state index contributed by atoms with van der Waals surface area (Å²) in [7, 11) is -3.82. The van der Waals surface area contributed by atoms with Gasteiger partial charge in [0.05, 0.1) is 6.29 Å². The van der Waals surface area contributed by atoms with Gasteiger partial charge in [-0.15, -0.1) is 0 Å². The Balaban J connectivity index is 3.61. The average molecular weight is 127 g/mol. The molecule has 0 aromatic carbocycles. The first-order valence-electron chi connectivity index (χ1n) is 1.47. The summed E-state index contributed by atoms with van der Waals surface area (Å²) in [6.45, 7) is 0. The van der Waals surface area contributed by atoms with Crippen molar-refractivity contribution in [3.63, 3.8) is 0 Å². The topological polar surface area (TPSA) is 92.8 Å². The van der Waals surface area contributed by atoms with E-state index >= 15 is 0 Å². The van der Waals surface area contributed by atoms with Crippen molar-refractivity contribution in [1.82, 2.24) is 0 Å². The van der Waals surface area contributed by atoms with Gasteiger partial charge in [0.15, 0.2) is 0 Å². The van der Waals surface area contributed by atoms with Gasteiger partial charge in [0.2, 0.25) is 0 Å². The maximum atomic E-state index is 9.91. The molecule has 44 valence electrons. The van der Waals surface area contributed by atoms with Crippen LogP contribution in [0.15, 0.2) is 0 Å². The van der Waals surface area contributed by atoms with Crippen molar-refractivity contribution in [3.8, 4) is 0 Å². The second-order valence-corrected chi connectivity index (χ2v) is 2.71. The second kappa shape index (κ2) is 2.40. The maximum absolute atomic E-state index is 9.91. The van der Waals surface area contributed by atoms with Crippen LogP contribution in [-0.2, 0) is 9.24 Å². The molecular weight excluding hydrogens is 121 g/mol. The van der Waals surface area contributed by atoms with Crippen LogP contribution in [0.3, 0.4) is 0 Å². The Morgan fingerprint density at radius 3 is 2.29 bits per heavy atom.